The molecule has 0 aromatic carbocycles. The molecule has 2 aromatic heterocycles. The highest BCUT2D eigenvalue weighted by molar-refractivity contribution is 7.10. The van der Waals surface area contributed by atoms with Crippen LogP contribution < -0.4 is 5.32 Å². The van der Waals surface area contributed by atoms with E-state index in [0.29, 0.717) is 5.56 Å². The fraction of sp³-hybridized carbons (Fsp3) is 0.471. The fourth-order valence-corrected chi connectivity index (χ4v) is 2.95. The Bertz CT molecular complexity index is 600. The van der Waals surface area contributed by atoms with Crippen LogP contribution in [0.25, 0.3) is 0 Å². The van der Waals surface area contributed by atoms with Gasteiger partial charge in [-0.3, -0.25) is 4.79 Å². The maximum Gasteiger partial charge on any atom is 0.254 e. The molecule has 0 spiro atoms. The summed E-state index contributed by atoms with van der Waals surface area (Å²) < 4.78 is 0. The van der Waals surface area contributed by atoms with Gasteiger partial charge in [-0.15, -0.1) is 11.3 Å². The highest BCUT2D eigenvalue weighted by Gasteiger charge is 2.19. The summed E-state index contributed by atoms with van der Waals surface area (Å²) in [5.74, 6) is 0.625. The number of carbonyl (C=O) groups excluding carboxylic acids is 1. The van der Waals surface area contributed by atoms with E-state index in [-0.39, 0.29) is 17.4 Å². The Morgan fingerprint density at radius 3 is 2.50 bits per heavy atom. The lowest BCUT2D eigenvalue weighted by molar-refractivity contribution is 0.0934. The summed E-state index contributed by atoms with van der Waals surface area (Å²) in [6, 6.07) is 4.13. The Morgan fingerprint density at radius 1 is 1.32 bits per heavy atom. The molecule has 1 N–H and O–H groups in total. The van der Waals surface area contributed by atoms with Gasteiger partial charge in [0.2, 0.25) is 0 Å². The monoisotopic (exact) mass is 317 g/mol. The first-order chi connectivity index (χ1) is 10.4. The zero-order valence-electron chi connectivity index (χ0n) is 13.6. The molecule has 118 valence electrons. The van der Waals surface area contributed by atoms with Crippen molar-refractivity contribution in [3.05, 3.63) is 46.2 Å². The van der Waals surface area contributed by atoms with Gasteiger partial charge in [0, 0.05) is 22.7 Å². The van der Waals surface area contributed by atoms with Crippen LogP contribution in [0.2, 0.25) is 0 Å². The standard InChI is InChI=1S/C17H23N3OS/c1-5-7-13(14-8-6-9-22-14)20-15(21)12-10-18-16(19-11-12)17(2,3)4/h6,8-11,13H,5,7H2,1-4H3,(H,20,21)/t13-/m1/s1. The summed E-state index contributed by atoms with van der Waals surface area (Å²) in [6.45, 7) is 8.27. The maximum atomic E-state index is 12.4. The van der Waals surface area contributed by atoms with Crippen LogP contribution in [0, 0.1) is 0 Å². The third kappa shape index (κ3) is 4.13. The topological polar surface area (TPSA) is 54.9 Å². The second-order valence-corrected chi connectivity index (χ2v) is 7.35. The molecule has 0 aliphatic heterocycles. The molecule has 0 saturated heterocycles. The first kappa shape index (κ1) is 16.6. The lowest BCUT2D eigenvalue weighted by atomic mass is 9.96. The Labute approximate surface area is 136 Å². The molecule has 2 heterocycles. The highest BCUT2D eigenvalue weighted by Crippen LogP contribution is 2.23. The third-order valence-electron chi connectivity index (χ3n) is 3.35. The molecule has 0 unspecified atom stereocenters. The van der Waals surface area contributed by atoms with Crippen LogP contribution in [-0.2, 0) is 5.41 Å². The molecule has 0 fully saturated rings. The van der Waals surface area contributed by atoms with E-state index in [0.717, 1.165) is 18.7 Å². The Balaban J connectivity index is 2.10. The lowest BCUT2D eigenvalue weighted by Gasteiger charge is -2.18. The van der Waals surface area contributed by atoms with Crippen molar-refractivity contribution in [3.8, 4) is 0 Å². The zero-order valence-corrected chi connectivity index (χ0v) is 14.4. The van der Waals surface area contributed by atoms with Gasteiger partial charge >= 0.3 is 0 Å². The molecule has 4 nitrogen and oxygen atoms in total. The summed E-state index contributed by atoms with van der Waals surface area (Å²) in [5.41, 5.74) is 0.391. The number of hydrogen-bond donors (Lipinski definition) is 1. The molecule has 0 bridgehead atoms. The Kier molecular flexibility index (Phi) is 5.29. The van der Waals surface area contributed by atoms with Crippen molar-refractivity contribution in [3.63, 3.8) is 0 Å². The molecule has 0 saturated carbocycles. The number of carbonyl (C=O) groups is 1. The quantitative estimate of drug-likeness (QED) is 0.903. The Morgan fingerprint density at radius 2 is 2.00 bits per heavy atom. The van der Waals surface area contributed by atoms with Gasteiger partial charge in [0.25, 0.3) is 5.91 Å². The number of rotatable bonds is 5. The average molecular weight is 317 g/mol. The van der Waals surface area contributed by atoms with Crippen LogP contribution in [0.3, 0.4) is 0 Å². The SMILES string of the molecule is CCC[C@@H](NC(=O)c1cnc(C(C)(C)C)nc1)c1cccs1. The smallest absolute Gasteiger partial charge is 0.254 e. The van der Waals surface area contributed by atoms with Gasteiger partial charge in [-0.05, 0) is 17.9 Å². The molecule has 0 aliphatic rings. The maximum absolute atomic E-state index is 12.4. The highest BCUT2D eigenvalue weighted by atomic mass is 32.1. The van der Waals surface area contributed by atoms with E-state index < -0.39 is 0 Å². The molecule has 1 atom stereocenters. The van der Waals surface area contributed by atoms with Crippen LogP contribution in [0.1, 0.15) is 67.6 Å². The normalized spacial score (nSPS) is 12.9. The second kappa shape index (κ2) is 7.01. The molecular formula is C17H23N3OS. The number of aromatic nitrogens is 2. The minimum absolute atomic E-state index is 0.0554. The first-order valence-corrected chi connectivity index (χ1v) is 8.46. The van der Waals surface area contributed by atoms with Crippen molar-refractivity contribution in [2.24, 2.45) is 0 Å². The summed E-state index contributed by atoms with van der Waals surface area (Å²) in [4.78, 5) is 22.2. The van der Waals surface area contributed by atoms with Crippen LogP contribution in [0.4, 0.5) is 0 Å². The first-order valence-electron chi connectivity index (χ1n) is 7.58. The lowest BCUT2D eigenvalue weighted by Crippen LogP contribution is -2.28. The second-order valence-electron chi connectivity index (χ2n) is 6.38. The minimum Gasteiger partial charge on any atom is -0.344 e. The van der Waals surface area contributed by atoms with Gasteiger partial charge in [0.05, 0.1) is 11.6 Å². The van der Waals surface area contributed by atoms with E-state index >= 15 is 0 Å². The van der Waals surface area contributed by atoms with Gasteiger partial charge < -0.3 is 5.32 Å². The number of hydrogen-bond acceptors (Lipinski definition) is 4. The summed E-state index contributed by atoms with van der Waals surface area (Å²) in [7, 11) is 0. The molecule has 22 heavy (non-hydrogen) atoms. The van der Waals surface area contributed by atoms with Gasteiger partial charge in [-0.2, -0.15) is 0 Å². The van der Waals surface area contributed by atoms with Crippen LogP contribution in [-0.4, -0.2) is 15.9 Å². The average Bonchev–Trinajstić information content (AvgIpc) is 3.00. The molecular weight excluding hydrogens is 294 g/mol. The minimum atomic E-state index is -0.118. The van der Waals surface area contributed by atoms with Crippen LogP contribution in [0.15, 0.2) is 29.9 Å². The van der Waals surface area contributed by atoms with Gasteiger partial charge in [-0.1, -0.05) is 40.2 Å². The molecule has 5 heteroatoms. The number of nitrogens with one attached hydrogen (secondary N) is 1. The number of thiophene rings is 1. The van der Waals surface area contributed by atoms with E-state index in [4.69, 9.17) is 0 Å². The van der Waals surface area contributed by atoms with Crippen molar-refractivity contribution in [2.75, 3.05) is 0 Å². The van der Waals surface area contributed by atoms with Gasteiger partial charge in [-0.25, -0.2) is 9.97 Å². The zero-order chi connectivity index (χ0) is 16.2. The van der Waals surface area contributed by atoms with Gasteiger partial charge in [0.15, 0.2) is 0 Å². The molecule has 0 radical (unpaired) electrons. The van der Waals surface area contributed by atoms with Crippen molar-refractivity contribution in [1.82, 2.24) is 15.3 Å². The van der Waals surface area contributed by atoms with Crippen LogP contribution in [0.5, 0.6) is 0 Å². The number of nitrogens with zero attached hydrogens (tertiary/aromatic N) is 2. The van der Waals surface area contributed by atoms with E-state index in [2.05, 4.69) is 49.0 Å². The summed E-state index contributed by atoms with van der Waals surface area (Å²) in [6.07, 6.45) is 5.16. The largest absolute Gasteiger partial charge is 0.344 e. The van der Waals surface area contributed by atoms with Gasteiger partial charge in [0.1, 0.15) is 5.82 Å². The van der Waals surface area contributed by atoms with Crippen molar-refractivity contribution in [2.45, 2.75) is 52.0 Å². The van der Waals surface area contributed by atoms with E-state index in [1.54, 1.807) is 23.7 Å². The number of amides is 1. The molecule has 1 amide bonds. The fourth-order valence-electron chi connectivity index (χ4n) is 2.14. The van der Waals surface area contributed by atoms with E-state index in [1.807, 2.05) is 11.4 Å². The molecule has 0 aliphatic carbocycles. The molecule has 2 rings (SSSR count). The summed E-state index contributed by atoms with van der Waals surface area (Å²) in [5, 5.41) is 5.12. The molecule has 2 aromatic rings. The van der Waals surface area contributed by atoms with Crippen molar-refractivity contribution >= 4 is 17.2 Å². The van der Waals surface area contributed by atoms with E-state index in [1.165, 1.54) is 4.88 Å². The predicted molar refractivity (Wildman–Crippen MR) is 90.2 cm³/mol. The Hall–Kier alpha value is -1.75. The van der Waals surface area contributed by atoms with Crippen LogP contribution >= 0.6 is 11.3 Å². The predicted octanol–water partition coefficient (Wildman–Crippen LogP) is 4.11. The third-order valence-corrected chi connectivity index (χ3v) is 4.34. The van der Waals surface area contributed by atoms with Crippen molar-refractivity contribution in [1.29, 1.82) is 0 Å². The van der Waals surface area contributed by atoms with E-state index in [9.17, 15) is 4.79 Å². The summed E-state index contributed by atoms with van der Waals surface area (Å²) >= 11 is 1.67. The van der Waals surface area contributed by atoms with Crippen molar-refractivity contribution < 1.29 is 4.79 Å².